The summed E-state index contributed by atoms with van der Waals surface area (Å²) in [5.74, 6) is -0.623. The molecule has 0 bridgehead atoms. The lowest BCUT2D eigenvalue weighted by molar-refractivity contribution is -0.152. The van der Waals surface area contributed by atoms with Crippen molar-refractivity contribution in [2.24, 2.45) is 5.92 Å². The highest BCUT2D eigenvalue weighted by Crippen LogP contribution is 2.46. The lowest BCUT2D eigenvalue weighted by atomic mass is 9.84. The monoisotopic (exact) mass is 377 g/mol. The molecule has 2 heterocycles. The van der Waals surface area contributed by atoms with E-state index >= 15 is 0 Å². The maximum atomic E-state index is 13.5. The molecule has 3 rings (SSSR count). The average molecular weight is 377 g/mol. The van der Waals surface area contributed by atoms with Crippen LogP contribution in [-0.2, 0) is 32.2 Å². The zero-order valence-corrected chi connectivity index (χ0v) is 16.9. The molecule has 1 aromatic rings. The molecular weight excluding hydrogens is 346 g/mol. The number of methoxy groups -OCH3 is 1. The van der Waals surface area contributed by atoms with Gasteiger partial charge in [-0.05, 0) is 46.5 Å². The largest absolute Gasteiger partial charge is 0.458 e. The number of hydrogen-bond donors (Lipinski definition) is 0. The fraction of sp³-hybridized carbons (Fsp3) is 0.750. The van der Waals surface area contributed by atoms with E-state index in [9.17, 15) is 9.59 Å². The highest BCUT2D eigenvalue weighted by Gasteiger charge is 2.54. The minimum Gasteiger partial charge on any atom is -0.458 e. The molecule has 1 atom stereocenters. The van der Waals surface area contributed by atoms with E-state index in [0.29, 0.717) is 19.7 Å². The van der Waals surface area contributed by atoms with Crippen molar-refractivity contribution in [1.29, 1.82) is 0 Å². The smallest absolute Gasteiger partial charge is 0.307 e. The van der Waals surface area contributed by atoms with Crippen molar-refractivity contribution in [3.63, 3.8) is 0 Å². The van der Waals surface area contributed by atoms with Gasteiger partial charge < -0.3 is 14.4 Å². The fourth-order valence-electron chi connectivity index (χ4n) is 4.58. The van der Waals surface area contributed by atoms with Crippen molar-refractivity contribution in [3.8, 4) is 0 Å². The number of hydrogen-bond acceptors (Lipinski definition) is 5. The van der Waals surface area contributed by atoms with Crippen LogP contribution in [0.25, 0.3) is 0 Å². The molecule has 1 saturated heterocycles. The van der Waals surface area contributed by atoms with Gasteiger partial charge in [-0.15, -0.1) is 0 Å². The van der Waals surface area contributed by atoms with Crippen LogP contribution in [0, 0.1) is 19.8 Å². The molecule has 1 aliphatic carbocycles. The molecule has 0 N–H and O–H groups in total. The number of carbonyl (C=O) groups is 2. The van der Waals surface area contributed by atoms with Crippen LogP contribution in [0.4, 0.5) is 0 Å². The number of carbonyl (C=O) groups excluding carboxylic acids is 2. The summed E-state index contributed by atoms with van der Waals surface area (Å²) in [7, 11) is 1.63. The maximum Gasteiger partial charge on any atom is 0.307 e. The van der Waals surface area contributed by atoms with E-state index in [1.165, 1.54) is 0 Å². The van der Waals surface area contributed by atoms with Gasteiger partial charge in [0.15, 0.2) is 0 Å². The molecule has 1 unspecified atom stereocenters. The Labute approximate surface area is 161 Å². The van der Waals surface area contributed by atoms with Gasteiger partial charge in [0.1, 0.15) is 5.60 Å². The van der Waals surface area contributed by atoms with Gasteiger partial charge in [-0.25, -0.2) is 0 Å². The standard InChI is InChI=1S/C20H31N3O4/c1-5-23-15(3)16(14(2)21-23)13-22(10-11-26-4)19(25)17-12-18(24)27-20(17)8-6-7-9-20/h17H,5-13H2,1-4H3. The van der Waals surface area contributed by atoms with Crippen LogP contribution in [0.15, 0.2) is 0 Å². The van der Waals surface area contributed by atoms with Crippen LogP contribution in [0.1, 0.15) is 56.0 Å². The summed E-state index contributed by atoms with van der Waals surface area (Å²) < 4.78 is 12.9. The molecule has 150 valence electrons. The first-order valence-electron chi connectivity index (χ1n) is 9.94. The Morgan fingerprint density at radius 1 is 1.37 bits per heavy atom. The summed E-state index contributed by atoms with van der Waals surface area (Å²) >= 11 is 0. The van der Waals surface area contributed by atoms with Crippen molar-refractivity contribution in [3.05, 3.63) is 17.0 Å². The van der Waals surface area contributed by atoms with Gasteiger partial charge >= 0.3 is 5.97 Å². The van der Waals surface area contributed by atoms with Gasteiger partial charge in [0.05, 0.1) is 24.6 Å². The predicted molar refractivity (Wildman–Crippen MR) is 100 cm³/mol. The molecule has 1 aliphatic heterocycles. The average Bonchev–Trinajstić information content (AvgIpc) is 3.31. The highest BCUT2D eigenvalue weighted by atomic mass is 16.6. The summed E-state index contributed by atoms with van der Waals surface area (Å²) in [6, 6.07) is 0. The summed E-state index contributed by atoms with van der Waals surface area (Å²) in [6.07, 6.45) is 3.79. The topological polar surface area (TPSA) is 73.7 Å². The quantitative estimate of drug-likeness (QED) is 0.682. The van der Waals surface area contributed by atoms with Crippen LogP contribution in [0.3, 0.4) is 0 Å². The number of rotatable bonds is 7. The second-order valence-electron chi connectivity index (χ2n) is 7.72. The minimum absolute atomic E-state index is 0.00264. The number of nitrogens with zero attached hydrogens (tertiary/aromatic N) is 3. The van der Waals surface area contributed by atoms with Crippen LogP contribution in [0.5, 0.6) is 0 Å². The molecule has 1 saturated carbocycles. The van der Waals surface area contributed by atoms with E-state index in [4.69, 9.17) is 9.47 Å². The van der Waals surface area contributed by atoms with Crippen molar-refractivity contribution in [2.75, 3.05) is 20.3 Å². The van der Waals surface area contributed by atoms with Gasteiger partial charge in [-0.1, -0.05) is 0 Å². The molecule has 1 amide bonds. The van der Waals surface area contributed by atoms with E-state index in [1.807, 2.05) is 23.4 Å². The van der Waals surface area contributed by atoms with E-state index in [0.717, 1.165) is 49.2 Å². The second kappa shape index (κ2) is 8.00. The van der Waals surface area contributed by atoms with Gasteiger partial charge in [0, 0.05) is 38.0 Å². The summed E-state index contributed by atoms with van der Waals surface area (Å²) in [5, 5.41) is 4.57. The van der Waals surface area contributed by atoms with Crippen LogP contribution >= 0.6 is 0 Å². The first-order valence-corrected chi connectivity index (χ1v) is 9.94. The van der Waals surface area contributed by atoms with Crippen LogP contribution in [-0.4, -0.2) is 52.4 Å². The predicted octanol–water partition coefficient (Wildman–Crippen LogP) is 2.37. The number of aryl methyl sites for hydroxylation is 2. The number of ether oxygens (including phenoxy) is 2. The molecule has 0 radical (unpaired) electrons. The Balaban J connectivity index is 1.85. The van der Waals surface area contributed by atoms with Crippen LogP contribution < -0.4 is 0 Å². The van der Waals surface area contributed by atoms with E-state index in [-0.39, 0.29) is 24.2 Å². The Morgan fingerprint density at radius 3 is 2.67 bits per heavy atom. The van der Waals surface area contributed by atoms with Gasteiger partial charge in [-0.3, -0.25) is 14.3 Å². The van der Waals surface area contributed by atoms with Gasteiger partial charge in [0.25, 0.3) is 0 Å². The Bertz CT molecular complexity index is 706. The Kier molecular flexibility index (Phi) is 5.89. The molecule has 2 fully saturated rings. The molecule has 2 aliphatic rings. The van der Waals surface area contributed by atoms with E-state index < -0.39 is 5.60 Å². The third kappa shape index (κ3) is 3.74. The summed E-state index contributed by atoms with van der Waals surface area (Å²) in [5.41, 5.74) is 2.52. The zero-order valence-electron chi connectivity index (χ0n) is 16.9. The normalized spacial score (nSPS) is 21.0. The third-order valence-electron chi connectivity index (χ3n) is 6.13. The molecule has 7 nitrogen and oxygen atoms in total. The van der Waals surface area contributed by atoms with Crippen molar-refractivity contribution < 1.29 is 19.1 Å². The highest BCUT2D eigenvalue weighted by molar-refractivity contribution is 5.88. The lowest BCUT2D eigenvalue weighted by Crippen LogP contribution is -2.45. The molecule has 1 aromatic heterocycles. The van der Waals surface area contributed by atoms with Crippen molar-refractivity contribution in [1.82, 2.24) is 14.7 Å². The van der Waals surface area contributed by atoms with Gasteiger partial charge in [0.2, 0.25) is 5.91 Å². The van der Waals surface area contributed by atoms with Crippen molar-refractivity contribution in [2.45, 2.75) is 71.6 Å². The molecule has 0 aromatic carbocycles. The van der Waals surface area contributed by atoms with Gasteiger partial charge in [-0.2, -0.15) is 5.10 Å². The molecule has 27 heavy (non-hydrogen) atoms. The number of aromatic nitrogens is 2. The first kappa shape index (κ1) is 19.9. The van der Waals surface area contributed by atoms with Crippen molar-refractivity contribution >= 4 is 11.9 Å². The Hall–Kier alpha value is -1.89. The minimum atomic E-state index is -0.586. The molecule has 7 heteroatoms. The zero-order chi connectivity index (χ0) is 19.6. The Morgan fingerprint density at radius 2 is 2.07 bits per heavy atom. The number of amides is 1. The summed E-state index contributed by atoms with van der Waals surface area (Å²) in [4.78, 5) is 27.3. The lowest BCUT2D eigenvalue weighted by Gasteiger charge is -2.32. The van der Waals surface area contributed by atoms with Crippen LogP contribution in [0.2, 0.25) is 0 Å². The van der Waals surface area contributed by atoms with E-state index in [2.05, 4.69) is 12.0 Å². The maximum absolute atomic E-state index is 13.5. The second-order valence-corrected chi connectivity index (χ2v) is 7.72. The van der Waals surface area contributed by atoms with E-state index in [1.54, 1.807) is 7.11 Å². The number of esters is 1. The first-order chi connectivity index (χ1) is 12.9. The third-order valence-corrected chi connectivity index (χ3v) is 6.13. The fourth-order valence-corrected chi connectivity index (χ4v) is 4.58. The SMILES string of the molecule is CCn1nc(C)c(CN(CCOC)C(=O)C2CC(=O)OC23CCCC3)c1C. The molecular formula is C20H31N3O4. The summed E-state index contributed by atoms with van der Waals surface area (Å²) in [6.45, 7) is 8.31. The molecule has 1 spiro atoms.